The highest BCUT2D eigenvalue weighted by Crippen LogP contribution is 2.31. The molecule has 1 amide bonds. The van der Waals surface area contributed by atoms with Crippen molar-refractivity contribution in [1.29, 1.82) is 0 Å². The van der Waals surface area contributed by atoms with Crippen molar-refractivity contribution >= 4 is 45.0 Å². The lowest BCUT2D eigenvalue weighted by atomic mass is 10.1. The third-order valence-corrected chi connectivity index (χ3v) is 5.53. The van der Waals surface area contributed by atoms with Gasteiger partial charge < -0.3 is 16.0 Å². The van der Waals surface area contributed by atoms with Gasteiger partial charge in [0.2, 0.25) is 0 Å². The van der Waals surface area contributed by atoms with Crippen molar-refractivity contribution < 1.29 is 4.79 Å². The van der Waals surface area contributed by atoms with Gasteiger partial charge in [-0.2, -0.15) is 4.99 Å². The Bertz CT molecular complexity index is 1170. The third kappa shape index (κ3) is 2.74. The first kappa shape index (κ1) is 16.4. The highest BCUT2D eigenvalue weighted by Gasteiger charge is 2.14. The highest BCUT2D eigenvalue weighted by atomic mass is 32.1. The maximum Gasteiger partial charge on any atom is 0.280 e. The molecule has 0 aliphatic rings. The topological polar surface area (TPSA) is 86.4 Å². The number of benzene rings is 2. The van der Waals surface area contributed by atoms with E-state index in [-0.39, 0.29) is 5.96 Å². The lowest BCUT2D eigenvalue weighted by Gasteiger charge is -2.08. The number of carbonyl (C=O) groups excluding carboxylic acids is 1. The van der Waals surface area contributed by atoms with Crippen LogP contribution in [0.15, 0.2) is 58.9 Å². The van der Waals surface area contributed by atoms with Gasteiger partial charge in [0.25, 0.3) is 5.91 Å². The number of aliphatic imine (C=N–C) groups is 1. The van der Waals surface area contributed by atoms with E-state index in [1.165, 1.54) is 10.4 Å². The second kappa shape index (κ2) is 6.31. The molecular weight excluding hydrogens is 344 g/mol. The number of nitrogens with zero attached hydrogens (tertiary/aromatic N) is 2. The van der Waals surface area contributed by atoms with E-state index in [9.17, 15) is 4.79 Å². The van der Waals surface area contributed by atoms with Gasteiger partial charge in [0.05, 0.1) is 12.1 Å². The number of fused-ring (bicyclic) bond motifs is 3. The molecule has 0 unspecified atom stereocenters. The van der Waals surface area contributed by atoms with Gasteiger partial charge in [-0.05, 0) is 42.1 Å². The average molecular weight is 362 g/mol. The Balaban J connectivity index is 1.95. The van der Waals surface area contributed by atoms with Crippen LogP contribution in [0, 0.1) is 6.92 Å². The lowest BCUT2D eigenvalue weighted by molar-refractivity contribution is 0.100. The zero-order valence-electron chi connectivity index (χ0n) is 14.3. The zero-order valence-corrected chi connectivity index (χ0v) is 15.1. The highest BCUT2D eigenvalue weighted by molar-refractivity contribution is 7.10. The second-order valence-corrected chi connectivity index (χ2v) is 7.20. The Labute approximate surface area is 154 Å². The molecule has 6 heteroatoms. The summed E-state index contributed by atoms with van der Waals surface area (Å²) in [6, 6.07) is 16.0. The zero-order chi connectivity index (χ0) is 18.3. The molecule has 130 valence electrons. The molecule has 0 radical (unpaired) electrons. The van der Waals surface area contributed by atoms with Gasteiger partial charge >= 0.3 is 0 Å². The Morgan fingerprint density at radius 1 is 1.08 bits per heavy atom. The number of nitrogens with two attached hydrogens (primary N) is 2. The predicted octanol–water partition coefficient (Wildman–Crippen LogP) is 3.63. The maximum atomic E-state index is 12.2. The molecule has 2 aromatic heterocycles. The minimum atomic E-state index is -0.434. The number of amides is 1. The molecule has 0 fully saturated rings. The molecule has 4 rings (SSSR count). The monoisotopic (exact) mass is 362 g/mol. The van der Waals surface area contributed by atoms with Gasteiger partial charge in [-0.3, -0.25) is 4.79 Å². The third-order valence-electron chi connectivity index (χ3n) is 4.52. The minimum Gasteiger partial charge on any atom is -0.370 e. The van der Waals surface area contributed by atoms with Crippen molar-refractivity contribution in [2.45, 2.75) is 13.5 Å². The van der Waals surface area contributed by atoms with Crippen molar-refractivity contribution in [3.8, 4) is 0 Å². The Morgan fingerprint density at radius 2 is 1.85 bits per heavy atom. The van der Waals surface area contributed by atoms with Crippen molar-refractivity contribution in [1.82, 2.24) is 4.57 Å². The van der Waals surface area contributed by atoms with Crippen molar-refractivity contribution in [2.75, 3.05) is 0 Å². The molecule has 4 N–H and O–H groups in total. The van der Waals surface area contributed by atoms with Crippen LogP contribution in [0.1, 0.15) is 20.8 Å². The van der Waals surface area contributed by atoms with E-state index < -0.39 is 5.91 Å². The van der Waals surface area contributed by atoms with E-state index in [2.05, 4.69) is 40.1 Å². The van der Waals surface area contributed by atoms with E-state index in [0.717, 1.165) is 28.4 Å². The van der Waals surface area contributed by atoms with Gasteiger partial charge in [0.1, 0.15) is 0 Å². The van der Waals surface area contributed by atoms with Crippen LogP contribution in [0.4, 0.5) is 0 Å². The molecule has 2 heterocycles. The summed E-state index contributed by atoms with van der Waals surface area (Å²) in [7, 11) is 0. The molecule has 5 nitrogen and oxygen atoms in total. The fourth-order valence-corrected chi connectivity index (χ4v) is 4.14. The summed E-state index contributed by atoms with van der Waals surface area (Å²) in [6.45, 7) is 2.88. The molecule has 0 aliphatic heterocycles. The molecule has 0 saturated heterocycles. The smallest absolute Gasteiger partial charge is 0.280 e. The van der Waals surface area contributed by atoms with Gasteiger partial charge in [-0.1, -0.05) is 24.3 Å². The van der Waals surface area contributed by atoms with E-state index in [4.69, 9.17) is 11.5 Å². The van der Waals surface area contributed by atoms with E-state index >= 15 is 0 Å². The number of hydrogen-bond donors (Lipinski definition) is 2. The number of guanidine groups is 1. The molecule has 0 spiro atoms. The van der Waals surface area contributed by atoms with Crippen molar-refractivity contribution in [3.05, 3.63) is 69.9 Å². The summed E-state index contributed by atoms with van der Waals surface area (Å²) in [5.74, 6) is -0.666. The van der Waals surface area contributed by atoms with Crippen LogP contribution in [0.5, 0.6) is 0 Å². The Morgan fingerprint density at radius 3 is 2.58 bits per heavy atom. The Kier molecular flexibility index (Phi) is 3.97. The molecule has 4 aromatic rings. The summed E-state index contributed by atoms with van der Waals surface area (Å²) in [5, 5.41) is 4.38. The summed E-state index contributed by atoms with van der Waals surface area (Å²) in [6.07, 6.45) is 0. The van der Waals surface area contributed by atoms with E-state index in [0.29, 0.717) is 5.56 Å². The minimum absolute atomic E-state index is 0.232. The van der Waals surface area contributed by atoms with Crippen LogP contribution < -0.4 is 11.5 Å². The molecule has 0 saturated carbocycles. The van der Waals surface area contributed by atoms with Crippen LogP contribution in [0.25, 0.3) is 21.8 Å². The van der Waals surface area contributed by atoms with E-state index in [1.54, 1.807) is 17.4 Å². The first-order chi connectivity index (χ1) is 12.5. The van der Waals surface area contributed by atoms with Gasteiger partial charge in [0, 0.05) is 26.7 Å². The lowest BCUT2D eigenvalue weighted by Crippen LogP contribution is -2.24. The molecular formula is C20H18N4OS. The second-order valence-electron chi connectivity index (χ2n) is 6.20. The largest absolute Gasteiger partial charge is 0.370 e. The van der Waals surface area contributed by atoms with Crippen molar-refractivity contribution in [3.63, 3.8) is 0 Å². The Hall–Kier alpha value is -3.12. The normalized spacial score (nSPS) is 11.1. The molecule has 26 heavy (non-hydrogen) atoms. The first-order valence-corrected chi connectivity index (χ1v) is 9.10. The van der Waals surface area contributed by atoms with Crippen LogP contribution in [-0.2, 0) is 6.54 Å². The number of carbonyl (C=O) groups is 1. The maximum absolute atomic E-state index is 12.2. The SMILES string of the molecule is Cc1ccsc1Cn1c2ccccc2c2ccc(C(=O)N=C(N)N)cc21. The molecule has 0 aliphatic carbocycles. The molecule has 0 atom stereocenters. The standard InChI is InChI=1S/C20H18N4OS/c1-12-8-9-26-18(12)11-24-16-5-3-2-4-14(16)15-7-6-13(10-17(15)24)19(25)23-20(21)22/h2-10H,11H2,1H3,(H4,21,22,23,25). The average Bonchev–Trinajstić information content (AvgIpc) is 3.16. The molecule has 0 bridgehead atoms. The predicted molar refractivity (Wildman–Crippen MR) is 108 cm³/mol. The first-order valence-electron chi connectivity index (χ1n) is 8.22. The summed E-state index contributed by atoms with van der Waals surface area (Å²) < 4.78 is 2.25. The van der Waals surface area contributed by atoms with Gasteiger partial charge in [0.15, 0.2) is 5.96 Å². The number of para-hydroxylation sites is 1. The van der Waals surface area contributed by atoms with Crippen LogP contribution in [-0.4, -0.2) is 16.4 Å². The van der Waals surface area contributed by atoms with E-state index in [1.807, 2.05) is 24.3 Å². The fourth-order valence-electron chi connectivity index (χ4n) is 3.24. The summed E-state index contributed by atoms with van der Waals surface area (Å²) in [4.78, 5) is 17.2. The van der Waals surface area contributed by atoms with Crippen LogP contribution in [0.2, 0.25) is 0 Å². The van der Waals surface area contributed by atoms with Gasteiger partial charge in [-0.25, -0.2) is 0 Å². The number of hydrogen-bond acceptors (Lipinski definition) is 2. The van der Waals surface area contributed by atoms with Gasteiger partial charge in [-0.15, -0.1) is 11.3 Å². The fraction of sp³-hybridized carbons (Fsp3) is 0.100. The number of thiophene rings is 1. The number of rotatable bonds is 3. The number of aromatic nitrogens is 1. The van der Waals surface area contributed by atoms with Crippen molar-refractivity contribution in [2.24, 2.45) is 16.5 Å². The van der Waals surface area contributed by atoms with Crippen LogP contribution >= 0.6 is 11.3 Å². The van der Waals surface area contributed by atoms with Crippen LogP contribution in [0.3, 0.4) is 0 Å². The quantitative estimate of drug-likeness (QED) is 0.431. The molecule has 2 aromatic carbocycles. The summed E-state index contributed by atoms with van der Waals surface area (Å²) >= 11 is 1.74. The number of aryl methyl sites for hydroxylation is 1. The summed E-state index contributed by atoms with van der Waals surface area (Å²) in [5.41, 5.74) is 14.6.